The summed E-state index contributed by atoms with van der Waals surface area (Å²) in [6.07, 6.45) is 2.07. The van der Waals surface area contributed by atoms with Gasteiger partial charge in [0, 0.05) is 13.1 Å². The predicted octanol–water partition coefficient (Wildman–Crippen LogP) is 1.73. The first-order valence-electron chi connectivity index (χ1n) is 6.41. The van der Waals surface area contributed by atoms with Crippen LogP contribution in [0.4, 0.5) is 0 Å². The lowest BCUT2D eigenvalue weighted by atomic mass is 9.99. The number of hydrogen-bond acceptors (Lipinski definition) is 3. The molecule has 19 heavy (non-hydrogen) atoms. The van der Waals surface area contributed by atoms with E-state index >= 15 is 0 Å². The number of rotatable bonds is 4. The minimum atomic E-state index is 0. The second-order valence-electron chi connectivity index (χ2n) is 4.61. The van der Waals surface area contributed by atoms with Gasteiger partial charge in [0.1, 0.15) is 5.75 Å². The number of carbonyl (C=O) groups is 1. The zero-order valence-corrected chi connectivity index (χ0v) is 12.0. The van der Waals surface area contributed by atoms with Crippen molar-refractivity contribution in [3.05, 3.63) is 29.8 Å². The van der Waals surface area contributed by atoms with E-state index in [0.717, 1.165) is 37.2 Å². The van der Waals surface area contributed by atoms with Crippen LogP contribution in [0, 0.1) is 5.92 Å². The number of halogens is 1. The fourth-order valence-corrected chi connectivity index (χ4v) is 2.15. The van der Waals surface area contributed by atoms with E-state index in [1.54, 1.807) is 7.11 Å². The van der Waals surface area contributed by atoms with Gasteiger partial charge in [-0.15, -0.1) is 12.4 Å². The number of piperidine rings is 1. The van der Waals surface area contributed by atoms with E-state index in [1.165, 1.54) is 0 Å². The van der Waals surface area contributed by atoms with Crippen molar-refractivity contribution in [3.63, 3.8) is 0 Å². The molecule has 1 atom stereocenters. The molecule has 0 bridgehead atoms. The lowest BCUT2D eigenvalue weighted by molar-refractivity contribution is -0.125. The van der Waals surface area contributed by atoms with E-state index in [9.17, 15) is 4.79 Å². The summed E-state index contributed by atoms with van der Waals surface area (Å²) < 4.78 is 5.09. The number of nitrogens with one attached hydrogen (secondary N) is 2. The third-order valence-electron chi connectivity index (χ3n) is 3.29. The Morgan fingerprint density at radius 2 is 2.16 bits per heavy atom. The zero-order valence-electron chi connectivity index (χ0n) is 11.1. The molecule has 1 amide bonds. The van der Waals surface area contributed by atoms with Crippen LogP contribution in [0.15, 0.2) is 24.3 Å². The van der Waals surface area contributed by atoms with Crippen LogP contribution in [0.25, 0.3) is 0 Å². The molecule has 0 radical (unpaired) electrons. The molecule has 1 aliphatic heterocycles. The zero-order chi connectivity index (χ0) is 12.8. The quantitative estimate of drug-likeness (QED) is 0.885. The van der Waals surface area contributed by atoms with Gasteiger partial charge in [-0.2, -0.15) is 0 Å². The standard InChI is InChI=1S/C14H20N2O2.ClH/c1-18-13-6-4-11(5-7-13)9-16-14(17)12-3-2-8-15-10-12;/h4-7,12,15H,2-3,8-10H2,1H3,(H,16,17);1H. The molecule has 1 aliphatic rings. The monoisotopic (exact) mass is 284 g/mol. The van der Waals surface area contributed by atoms with Gasteiger partial charge in [0.05, 0.1) is 13.0 Å². The van der Waals surface area contributed by atoms with Gasteiger partial charge in [-0.05, 0) is 37.1 Å². The highest BCUT2D eigenvalue weighted by Crippen LogP contribution is 2.12. The van der Waals surface area contributed by atoms with Crippen LogP contribution in [-0.4, -0.2) is 26.1 Å². The molecule has 106 valence electrons. The number of benzene rings is 1. The highest BCUT2D eigenvalue weighted by atomic mass is 35.5. The van der Waals surface area contributed by atoms with E-state index in [0.29, 0.717) is 6.54 Å². The van der Waals surface area contributed by atoms with Crippen LogP contribution in [0.3, 0.4) is 0 Å². The first-order valence-corrected chi connectivity index (χ1v) is 6.41. The van der Waals surface area contributed by atoms with Crippen molar-refractivity contribution >= 4 is 18.3 Å². The summed E-state index contributed by atoms with van der Waals surface area (Å²) in [5.41, 5.74) is 1.09. The summed E-state index contributed by atoms with van der Waals surface area (Å²) in [4.78, 5) is 11.9. The van der Waals surface area contributed by atoms with Crippen LogP contribution < -0.4 is 15.4 Å². The van der Waals surface area contributed by atoms with Crippen molar-refractivity contribution in [1.29, 1.82) is 0 Å². The highest BCUT2D eigenvalue weighted by molar-refractivity contribution is 5.85. The minimum Gasteiger partial charge on any atom is -0.497 e. The molecule has 1 aromatic carbocycles. The van der Waals surface area contributed by atoms with Gasteiger partial charge < -0.3 is 15.4 Å². The van der Waals surface area contributed by atoms with Crippen molar-refractivity contribution in [2.45, 2.75) is 19.4 Å². The molecule has 2 N–H and O–H groups in total. The largest absolute Gasteiger partial charge is 0.497 e. The molecule has 5 heteroatoms. The second-order valence-corrected chi connectivity index (χ2v) is 4.61. The summed E-state index contributed by atoms with van der Waals surface area (Å²) in [6, 6.07) is 7.75. The van der Waals surface area contributed by atoms with Gasteiger partial charge in [0.25, 0.3) is 0 Å². The average Bonchev–Trinajstić information content (AvgIpc) is 2.46. The number of hydrogen-bond donors (Lipinski definition) is 2. The summed E-state index contributed by atoms with van der Waals surface area (Å²) in [5, 5.41) is 6.24. The van der Waals surface area contributed by atoms with Crippen LogP contribution >= 0.6 is 12.4 Å². The molecule has 0 saturated carbocycles. The maximum atomic E-state index is 11.9. The van der Waals surface area contributed by atoms with Crippen molar-refractivity contribution < 1.29 is 9.53 Å². The maximum Gasteiger partial charge on any atom is 0.224 e. The van der Waals surface area contributed by atoms with Crippen LogP contribution in [-0.2, 0) is 11.3 Å². The Kier molecular flexibility index (Phi) is 6.67. The summed E-state index contributed by atoms with van der Waals surface area (Å²) in [5.74, 6) is 1.11. The molecule has 1 heterocycles. The fourth-order valence-electron chi connectivity index (χ4n) is 2.15. The van der Waals surface area contributed by atoms with Crippen molar-refractivity contribution in [1.82, 2.24) is 10.6 Å². The molecular formula is C14H21ClN2O2. The molecule has 0 aliphatic carbocycles. The minimum absolute atomic E-state index is 0. The van der Waals surface area contributed by atoms with Crippen molar-refractivity contribution in [2.24, 2.45) is 5.92 Å². The number of methoxy groups -OCH3 is 1. The first kappa shape index (κ1) is 15.8. The van der Waals surface area contributed by atoms with Gasteiger partial charge in [0.15, 0.2) is 0 Å². The third kappa shape index (κ3) is 4.73. The third-order valence-corrected chi connectivity index (χ3v) is 3.29. The van der Waals surface area contributed by atoms with Crippen molar-refractivity contribution in [2.75, 3.05) is 20.2 Å². The summed E-state index contributed by atoms with van der Waals surface area (Å²) >= 11 is 0. The lowest BCUT2D eigenvalue weighted by Crippen LogP contribution is -2.40. The van der Waals surface area contributed by atoms with Crippen LogP contribution in [0.5, 0.6) is 5.75 Å². The van der Waals surface area contributed by atoms with E-state index in [4.69, 9.17) is 4.74 Å². The Labute approximate surface area is 120 Å². The van der Waals surface area contributed by atoms with E-state index in [1.807, 2.05) is 24.3 Å². The van der Waals surface area contributed by atoms with Gasteiger partial charge in [-0.3, -0.25) is 4.79 Å². The SMILES string of the molecule is COc1ccc(CNC(=O)C2CCCNC2)cc1.Cl. The van der Waals surface area contributed by atoms with Crippen LogP contribution in [0.1, 0.15) is 18.4 Å². The van der Waals surface area contributed by atoms with E-state index in [-0.39, 0.29) is 24.2 Å². The average molecular weight is 285 g/mol. The van der Waals surface area contributed by atoms with E-state index in [2.05, 4.69) is 10.6 Å². The van der Waals surface area contributed by atoms with Gasteiger partial charge in [0.2, 0.25) is 5.91 Å². The van der Waals surface area contributed by atoms with Crippen molar-refractivity contribution in [3.8, 4) is 5.75 Å². The Balaban J connectivity index is 0.00000180. The Morgan fingerprint density at radius 1 is 1.42 bits per heavy atom. The highest BCUT2D eigenvalue weighted by Gasteiger charge is 2.20. The van der Waals surface area contributed by atoms with Gasteiger partial charge >= 0.3 is 0 Å². The molecular weight excluding hydrogens is 264 g/mol. The number of amides is 1. The lowest BCUT2D eigenvalue weighted by Gasteiger charge is -2.21. The Hall–Kier alpha value is -1.26. The molecule has 1 aromatic rings. The predicted molar refractivity (Wildman–Crippen MR) is 77.7 cm³/mol. The van der Waals surface area contributed by atoms with E-state index < -0.39 is 0 Å². The Morgan fingerprint density at radius 3 is 2.74 bits per heavy atom. The Bertz CT molecular complexity index is 389. The first-order chi connectivity index (χ1) is 8.79. The molecule has 1 fully saturated rings. The summed E-state index contributed by atoms with van der Waals surface area (Å²) in [7, 11) is 1.65. The topological polar surface area (TPSA) is 50.4 Å². The number of ether oxygens (including phenoxy) is 1. The van der Waals surface area contributed by atoms with Gasteiger partial charge in [-0.1, -0.05) is 12.1 Å². The molecule has 2 rings (SSSR count). The molecule has 0 aromatic heterocycles. The van der Waals surface area contributed by atoms with Gasteiger partial charge in [-0.25, -0.2) is 0 Å². The number of carbonyl (C=O) groups excluding carboxylic acids is 1. The fraction of sp³-hybridized carbons (Fsp3) is 0.500. The molecule has 1 unspecified atom stereocenters. The maximum absolute atomic E-state index is 11.9. The molecule has 1 saturated heterocycles. The molecule has 0 spiro atoms. The smallest absolute Gasteiger partial charge is 0.224 e. The molecule has 4 nitrogen and oxygen atoms in total. The normalized spacial score (nSPS) is 18.3. The summed E-state index contributed by atoms with van der Waals surface area (Å²) in [6.45, 7) is 2.41. The second kappa shape index (κ2) is 8.02. The van der Waals surface area contributed by atoms with Crippen LogP contribution in [0.2, 0.25) is 0 Å².